The quantitative estimate of drug-likeness (QED) is 0.383. The number of benzene rings is 1. The molecule has 0 unspecified atom stereocenters. The van der Waals surface area contributed by atoms with E-state index in [0.29, 0.717) is 6.42 Å². The van der Waals surface area contributed by atoms with Crippen molar-refractivity contribution in [1.82, 2.24) is 14.4 Å². The molecule has 2 heterocycles. The molecule has 3 aromatic rings. The predicted molar refractivity (Wildman–Crippen MR) is 143 cm³/mol. The van der Waals surface area contributed by atoms with Crippen LogP contribution in [0, 0.1) is 0 Å². The maximum atomic E-state index is 14.0. The first-order chi connectivity index (χ1) is 18.3. The molecule has 208 valence electrons. The fourth-order valence-corrected chi connectivity index (χ4v) is 4.66. The number of likely N-dealkylation sites (N-methyl/N-ethyl adjacent to an activating group) is 2. The van der Waals surface area contributed by atoms with E-state index in [1.807, 2.05) is 6.92 Å². The van der Waals surface area contributed by atoms with Gasteiger partial charge in [0.2, 0.25) is 17.6 Å². The van der Waals surface area contributed by atoms with Crippen LogP contribution in [0.4, 0.5) is 0 Å². The van der Waals surface area contributed by atoms with Gasteiger partial charge in [0.15, 0.2) is 10.9 Å². The van der Waals surface area contributed by atoms with Crippen molar-refractivity contribution in [3.05, 3.63) is 54.7 Å². The van der Waals surface area contributed by atoms with E-state index in [1.54, 1.807) is 6.92 Å². The minimum absolute atomic E-state index is 0.00747. The van der Waals surface area contributed by atoms with Crippen molar-refractivity contribution in [2.75, 3.05) is 28.2 Å². The molecular formula is C27H31N3O9. The lowest BCUT2D eigenvalue weighted by molar-refractivity contribution is -0.128. The molecule has 0 aliphatic carbocycles. The first-order valence-corrected chi connectivity index (χ1v) is 12.3. The number of carbonyl (C=O) groups is 4. The van der Waals surface area contributed by atoms with Crippen molar-refractivity contribution < 1.29 is 33.8 Å². The molecule has 0 saturated carbocycles. The molecule has 0 aliphatic rings. The van der Waals surface area contributed by atoms with Crippen LogP contribution in [0.2, 0.25) is 0 Å². The molecule has 39 heavy (non-hydrogen) atoms. The van der Waals surface area contributed by atoms with Crippen LogP contribution in [0.1, 0.15) is 58.0 Å². The van der Waals surface area contributed by atoms with Gasteiger partial charge in [-0.05, 0) is 18.9 Å². The monoisotopic (exact) mass is 541 g/mol. The molecule has 12 nitrogen and oxygen atoms in total. The Morgan fingerprint density at radius 2 is 1.41 bits per heavy atom. The van der Waals surface area contributed by atoms with Crippen LogP contribution in [0.3, 0.4) is 0 Å². The van der Waals surface area contributed by atoms with Gasteiger partial charge in [-0.15, -0.1) is 0 Å². The number of pyridine rings is 1. The second-order valence-corrected chi connectivity index (χ2v) is 9.55. The van der Waals surface area contributed by atoms with Gasteiger partial charge in [0, 0.05) is 46.4 Å². The third kappa shape index (κ3) is 5.14. The Balaban J connectivity index is 2.77. The molecular weight excluding hydrogens is 510 g/mol. The number of carboxylic acid groups (broad SMARTS) is 2. The normalized spacial score (nSPS) is 11.1. The minimum atomic E-state index is -1.57. The number of fused-ring (bicyclic) bond motifs is 2. The van der Waals surface area contributed by atoms with E-state index in [1.165, 1.54) is 42.6 Å². The number of nitrogens with zero attached hydrogens (tertiary/aromatic N) is 3. The smallest absolute Gasteiger partial charge is 0.372 e. The third-order valence-electron chi connectivity index (χ3n) is 6.56. The Bertz CT molecular complexity index is 1640. The Labute approximate surface area is 223 Å². The van der Waals surface area contributed by atoms with Crippen molar-refractivity contribution >= 4 is 45.6 Å². The lowest BCUT2D eigenvalue weighted by Crippen LogP contribution is -2.30. The number of hydrogen-bond acceptors (Lipinski definition) is 7. The lowest BCUT2D eigenvalue weighted by Gasteiger charge is -2.21. The van der Waals surface area contributed by atoms with Crippen molar-refractivity contribution in [3.8, 4) is 0 Å². The first kappa shape index (κ1) is 29.1. The Hall–Kier alpha value is -4.48. The number of amides is 2. The summed E-state index contributed by atoms with van der Waals surface area (Å²) in [6.07, 6.45) is -0.319. The molecule has 3 rings (SSSR count). The largest absolute Gasteiger partial charge is 0.477 e. The molecule has 1 aromatic carbocycles. The standard InChI is InChI=1S/C27H31N3O9/c1-7-9-13-22-20(17(31)12-16(26(35)36)30(22)8-2)14(10-18(32)28(3)4)21-23(34)15(11-19(33)29(5)6)25(27(37)38)39-24(13)21/h12H,7-11H2,1-6H3,(H,35,36)(H,37,38). The van der Waals surface area contributed by atoms with Crippen LogP contribution in [0.15, 0.2) is 20.1 Å². The van der Waals surface area contributed by atoms with Gasteiger partial charge >= 0.3 is 11.9 Å². The molecule has 0 saturated heterocycles. The van der Waals surface area contributed by atoms with Gasteiger partial charge in [0.05, 0.1) is 34.7 Å². The maximum Gasteiger partial charge on any atom is 0.372 e. The second kappa shape index (κ2) is 11.1. The van der Waals surface area contributed by atoms with Gasteiger partial charge in [-0.25, -0.2) is 9.59 Å². The summed E-state index contributed by atoms with van der Waals surface area (Å²) in [5.41, 5.74) is -1.98. The van der Waals surface area contributed by atoms with Gasteiger partial charge in [-0.2, -0.15) is 0 Å². The molecule has 2 amide bonds. The number of carbonyl (C=O) groups excluding carboxylic acids is 2. The third-order valence-corrected chi connectivity index (χ3v) is 6.56. The van der Waals surface area contributed by atoms with Crippen molar-refractivity contribution in [3.63, 3.8) is 0 Å². The summed E-state index contributed by atoms with van der Waals surface area (Å²) in [4.78, 5) is 79.7. The summed E-state index contributed by atoms with van der Waals surface area (Å²) in [6, 6.07) is 0.947. The predicted octanol–water partition coefficient (Wildman–Crippen LogP) is 1.74. The van der Waals surface area contributed by atoms with Crippen LogP contribution < -0.4 is 10.9 Å². The Morgan fingerprint density at radius 1 is 0.846 bits per heavy atom. The van der Waals surface area contributed by atoms with Crippen molar-refractivity contribution in [1.29, 1.82) is 0 Å². The maximum absolute atomic E-state index is 14.0. The van der Waals surface area contributed by atoms with E-state index in [2.05, 4.69) is 0 Å². The van der Waals surface area contributed by atoms with Crippen LogP contribution in [-0.4, -0.2) is 76.5 Å². The molecule has 0 spiro atoms. The van der Waals surface area contributed by atoms with Crippen LogP contribution >= 0.6 is 0 Å². The average molecular weight is 542 g/mol. The zero-order valence-electron chi connectivity index (χ0n) is 22.7. The zero-order valence-corrected chi connectivity index (χ0v) is 22.7. The van der Waals surface area contributed by atoms with Crippen molar-refractivity contribution in [2.24, 2.45) is 0 Å². The van der Waals surface area contributed by atoms with E-state index in [9.17, 15) is 39.0 Å². The lowest BCUT2D eigenvalue weighted by atomic mass is 9.91. The van der Waals surface area contributed by atoms with Gasteiger partial charge in [-0.3, -0.25) is 19.2 Å². The summed E-state index contributed by atoms with van der Waals surface area (Å²) < 4.78 is 7.26. The summed E-state index contributed by atoms with van der Waals surface area (Å²) in [6.45, 7) is 3.61. The molecule has 0 bridgehead atoms. The van der Waals surface area contributed by atoms with Crippen LogP contribution in [-0.2, 0) is 35.4 Å². The number of carboxylic acids is 2. The SMILES string of the molecule is CCCc1c2oc(C(=O)O)c(CC(=O)N(C)C)c(=O)c2c(CC(=O)N(C)C)c2c(=O)cc(C(=O)O)n(CC)c12. The molecule has 0 fully saturated rings. The second-order valence-electron chi connectivity index (χ2n) is 9.55. The van der Waals surface area contributed by atoms with Gasteiger partial charge in [-0.1, -0.05) is 13.3 Å². The van der Waals surface area contributed by atoms with E-state index in [4.69, 9.17) is 4.42 Å². The first-order valence-electron chi connectivity index (χ1n) is 12.3. The number of aromatic carboxylic acids is 2. The van der Waals surface area contributed by atoms with Gasteiger partial charge < -0.3 is 29.0 Å². The molecule has 12 heteroatoms. The van der Waals surface area contributed by atoms with E-state index < -0.39 is 58.8 Å². The summed E-state index contributed by atoms with van der Waals surface area (Å²) >= 11 is 0. The van der Waals surface area contributed by atoms with Crippen LogP contribution in [0.5, 0.6) is 0 Å². The Morgan fingerprint density at radius 3 is 1.87 bits per heavy atom. The highest BCUT2D eigenvalue weighted by Crippen LogP contribution is 2.34. The topological polar surface area (TPSA) is 167 Å². The summed E-state index contributed by atoms with van der Waals surface area (Å²) in [7, 11) is 5.90. The molecule has 2 N–H and O–H groups in total. The van der Waals surface area contributed by atoms with E-state index in [0.717, 1.165) is 6.07 Å². The van der Waals surface area contributed by atoms with Crippen molar-refractivity contribution in [2.45, 2.75) is 46.1 Å². The molecule has 0 aliphatic heterocycles. The van der Waals surface area contributed by atoms with Gasteiger partial charge in [0.25, 0.3) is 0 Å². The fraction of sp³-hybridized carbons (Fsp3) is 0.407. The zero-order chi connectivity index (χ0) is 29.3. The number of hydrogen-bond donors (Lipinski definition) is 2. The van der Waals surface area contributed by atoms with Gasteiger partial charge in [0.1, 0.15) is 11.3 Å². The minimum Gasteiger partial charge on any atom is -0.477 e. The van der Waals surface area contributed by atoms with E-state index in [-0.39, 0.29) is 51.7 Å². The number of rotatable bonds is 9. The average Bonchev–Trinajstić information content (AvgIpc) is 2.85. The van der Waals surface area contributed by atoms with Crippen LogP contribution in [0.25, 0.3) is 21.9 Å². The molecule has 0 radical (unpaired) electrons. The number of aromatic nitrogens is 1. The Kier molecular flexibility index (Phi) is 8.27. The highest BCUT2D eigenvalue weighted by molar-refractivity contribution is 6.06. The summed E-state index contributed by atoms with van der Waals surface area (Å²) in [5.74, 6) is -4.67. The molecule has 2 aromatic heterocycles. The highest BCUT2D eigenvalue weighted by atomic mass is 16.4. The summed E-state index contributed by atoms with van der Waals surface area (Å²) in [5, 5.41) is 19.6. The van der Waals surface area contributed by atoms with E-state index >= 15 is 0 Å². The number of aryl methyl sites for hydroxylation is 2. The fourth-order valence-electron chi connectivity index (χ4n) is 4.66. The molecule has 0 atom stereocenters. The highest BCUT2D eigenvalue weighted by Gasteiger charge is 2.30.